The number of pyridine rings is 1. The zero-order chi connectivity index (χ0) is 31.4. The zero-order valence-corrected chi connectivity index (χ0v) is 25.8. The average molecular weight is 602 g/mol. The number of hydrogen-bond donors (Lipinski definition) is 1. The average Bonchev–Trinajstić information content (AvgIpc) is 3.14. The maximum absolute atomic E-state index is 13.4. The Labute approximate surface area is 273 Å². The maximum Gasteiger partial charge on any atom is 0.256 e. The molecule has 1 heterocycles. The molecule has 0 amide bonds. The summed E-state index contributed by atoms with van der Waals surface area (Å²) < 4.78 is 0. The summed E-state index contributed by atoms with van der Waals surface area (Å²) in [6.45, 7) is 0. The number of nitrogens with one attached hydrogen (secondary N) is 1. The van der Waals surface area contributed by atoms with Crippen LogP contribution in [0.5, 0.6) is 0 Å². The standard InChI is InChI=1S/C45H31NO/c47-44-37-25-13-12-24-36(37)42-39(46-44)27-26-38(43(42)45(28-14-3-15-29-45)31-18-6-2-7-19-31)41-34-22-10-8-20-32(34)40(30-16-4-1-5-17-30)33-21-9-11-23-35(33)41/h1-28H,29H2,(H,46,47). The first-order chi connectivity index (χ1) is 23.2. The molecule has 222 valence electrons. The fourth-order valence-electron chi connectivity index (χ4n) is 7.98. The van der Waals surface area contributed by atoms with Gasteiger partial charge in [-0.3, -0.25) is 4.79 Å². The maximum atomic E-state index is 13.4. The van der Waals surface area contributed by atoms with E-state index in [2.05, 4.69) is 157 Å². The van der Waals surface area contributed by atoms with Crippen molar-refractivity contribution in [2.45, 2.75) is 11.8 Å². The summed E-state index contributed by atoms with van der Waals surface area (Å²) in [4.78, 5) is 16.7. The largest absolute Gasteiger partial charge is 0.321 e. The molecule has 8 aromatic rings. The molecule has 1 aliphatic rings. The minimum Gasteiger partial charge on any atom is -0.321 e. The quantitative estimate of drug-likeness (QED) is 0.158. The van der Waals surface area contributed by atoms with Crippen molar-refractivity contribution in [3.8, 4) is 22.3 Å². The molecule has 1 N–H and O–H groups in total. The van der Waals surface area contributed by atoms with Crippen LogP contribution in [0.15, 0.2) is 175 Å². The third kappa shape index (κ3) is 4.15. The van der Waals surface area contributed by atoms with Gasteiger partial charge in [0.15, 0.2) is 0 Å². The van der Waals surface area contributed by atoms with Crippen LogP contribution in [-0.4, -0.2) is 4.98 Å². The smallest absolute Gasteiger partial charge is 0.256 e. The third-order valence-corrected chi connectivity index (χ3v) is 9.96. The molecular formula is C45H31NO. The highest BCUT2D eigenvalue weighted by Gasteiger charge is 2.37. The first kappa shape index (κ1) is 27.3. The molecule has 2 nitrogen and oxygen atoms in total. The van der Waals surface area contributed by atoms with Crippen LogP contribution in [0.25, 0.3) is 65.5 Å². The van der Waals surface area contributed by atoms with Gasteiger partial charge in [-0.1, -0.05) is 158 Å². The van der Waals surface area contributed by atoms with Crippen molar-refractivity contribution in [1.29, 1.82) is 0 Å². The molecule has 0 fully saturated rings. The Morgan fingerprint density at radius 1 is 0.511 bits per heavy atom. The van der Waals surface area contributed by atoms with Crippen LogP contribution in [0.1, 0.15) is 17.5 Å². The van der Waals surface area contributed by atoms with Crippen LogP contribution >= 0.6 is 0 Å². The van der Waals surface area contributed by atoms with Crippen molar-refractivity contribution < 1.29 is 0 Å². The lowest BCUT2D eigenvalue weighted by Gasteiger charge is -2.36. The Balaban J connectivity index is 1.53. The molecule has 9 rings (SSSR count). The highest BCUT2D eigenvalue weighted by atomic mass is 16.1. The molecule has 0 bridgehead atoms. The van der Waals surface area contributed by atoms with Gasteiger partial charge in [0.05, 0.1) is 0 Å². The molecule has 0 radical (unpaired) electrons. The number of H-pyrrole nitrogens is 1. The van der Waals surface area contributed by atoms with Gasteiger partial charge in [0.2, 0.25) is 0 Å². The molecule has 1 atom stereocenters. The Bertz CT molecular complexity index is 2550. The van der Waals surface area contributed by atoms with E-state index in [1.54, 1.807) is 0 Å². The van der Waals surface area contributed by atoms with Crippen molar-refractivity contribution in [3.05, 3.63) is 191 Å². The molecule has 0 saturated heterocycles. The minimum atomic E-state index is -0.480. The van der Waals surface area contributed by atoms with Crippen LogP contribution in [0.3, 0.4) is 0 Å². The fourth-order valence-corrected chi connectivity index (χ4v) is 7.98. The predicted molar refractivity (Wildman–Crippen MR) is 198 cm³/mol. The zero-order valence-electron chi connectivity index (χ0n) is 25.8. The van der Waals surface area contributed by atoms with E-state index >= 15 is 0 Å². The summed E-state index contributed by atoms with van der Waals surface area (Å²) in [5, 5.41) is 7.61. The Hall–Kier alpha value is -5.99. The number of allylic oxidation sites excluding steroid dienone is 4. The van der Waals surface area contributed by atoms with Crippen molar-refractivity contribution >= 4 is 43.2 Å². The molecule has 0 aliphatic heterocycles. The van der Waals surface area contributed by atoms with Crippen molar-refractivity contribution in [2.75, 3.05) is 0 Å². The van der Waals surface area contributed by atoms with Gasteiger partial charge in [0.25, 0.3) is 5.56 Å². The second-order valence-corrected chi connectivity index (χ2v) is 12.4. The van der Waals surface area contributed by atoms with Gasteiger partial charge >= 0.3 is 0 Å². The summed E-state index contributed by atoms with van der Waals surface area (Å²) in [6.07, 6.45) is 9.76. The second kappa shape index (κ2) is 10.8. The number of benzene rings is 7. The van der Waals surface area contributed by atoms with E-state index < -0.39 is 5.41 Å². The van der Waals surface area contributed by atoms with Gasteiger partial charge in [-0.15, -0.1) is 0 Å². The third-order valence-electron chi connectivity index (χ3n) is 9.96. The lowest BCUT2D eigenvalue weighted by Crippen LogP contribution is -2.27. The first-order valence-electron chi connectivity index (χ1n) is 16.2. The van der Waals surface area contributed by atoms with Gasteiger partial charge in [0, 0.05) is 21.7 Å². The van der Waals surface area contributed by atoms with E-state index in [0.29, 0.717) is 5.39 Å². The van der Waals surface area contributed by atoms with Crippen LogP contribution in [-0.2, 0) is 5.41 Å². The van der Waals surface area contributed by atoms with E-state index in [0.717, 1.165) is 22.7 Å². The number of aromatic amines is 1. The van der Waals surface area contributed by atoms with Crippen LogP contribution in [0.2, 0.25) is 0 Å². The van der Waals surface area contributed by atoms with Gasteiger partial charge in [-0.2, -0.15) is 0 Å². The Morgan fingerprint density at radius 3 is 1.68 bits per heavy atom. The Kier molecular flexibility index (Phi) is 6.29. The van der Waals surface area contributed by atoms with Gasteiger partial charge in [-0.25, -0.2) is 0 Å². The fraction of sp³-hybridized carbons (Fsp3) is 0.0444. The number of fused-ring (bicyclic) bond motifs is 5. The molecular weight excluding hydrogens is 571 g/mol. The molecule has 0 saturated carbocycles. The molecule has 1 aliphatic carbocycles. The van der Waals surface area contributed by atoms with Crippen LogP contribution in [0, 0.1) is 0 Å². The van der Waals surface area contributed by atoms with E-state index in [-0.39, 0.29) is 5.56 Å². The lowest BCUT2D eigenvalue weighted by atomic mass is 9.66. The molecule has 7 aromatic carbocycles. The number of rotatable bonds is 4. The minimum absolute atomic E-state index is 0.0669. The van der Waals surface area contributed by atoms with Crippen molar-refractivity contribution in [1.82, 2.24) is 4.98 Å². The highest BCUT2D eigenvalue weighted by Crippen LogP contribution is 2.51. The lowest BCUT2D eigenvalue weighted by molar-refractivity contribution is 0.655. The molecule has 1 unspecified atom stereocenters. The van der Waals surface area contributed by atoms with E-state index in [1.165, 1.54) is 54.9 Å². The van der Waals surface area contributed by atoms with Crippen molar-refractivity contribution in [2.24, 2.45) is 0 Å². The summed E-state index contributed by atoms with van der Waals surface area (Å²) in [5.74, 6) is 0. The summed E-state index contributed by atoms with van der Waals surface area (Å²) >= 11 is 0. The van der Waals surface area contributed by atoms with Gasteiger partial charge in [0.1, 0.15) is 0 Å². The number of aromatic nitrogens is 1. The van der Waals surface area contributed by atoms with E-state index in [1.807, 2.05) is 18.2 Å². The van der Waals surface area contributed by atoms with Gasteiger partial charge < -0.3 is 4.98 Å². The van der Waals surface area contributed by atoms with Crippen molar-refractivity contribution in [3.63, 3.8) is 0 Å². The summed E-state index contributed by atoms with van der Waals surface area (Å²) in [6, 6.07) is 51.6. The molecule has 0 spiro atoms. The topological polar surface area (TPSA) is 32.9 Å². The normalized spacial score (nSPS) is 16.0. The van der Waals surface area contributed by atoms with Crippen LogP contribution < -0.4 is 5.56 Å². The second-order valence-electron chi connectivity index (χ2n) is 12.4. The van der Waals surface area contributed by atoms with E-state index in [9.17, 15) is 4.79 Å². The van der Waals surface area contributed by atoms with E-state index in [4.69, 9.17) is 0 Å². The summed E-state index contributed by atoms with van der Waals surface area (Å²) in [5.41, 5.74) is 7.56. The summed E-state index contributed by atoms with van der Waals surface area (Å²) in [7, 11) is 0. The molecule has 1 aromatic heterocycles. The highest BCUT2D eigenvalue weighted by molar-refractivity contribution is 6.23. The van der Waals surface area contributed by atoms with Gasteiger partial charge in [-0.05, 0) is 78.9 Å². The molecule has 47 heavy (non-hydrogen) atoms. The Morgan fingerprint density at radius 2 is 1.06 bits per heavy atom. The monoisotopic (exact) mass is 601 g/mol. The van der Waals surface area contributed by atoms with Crippen LogP contribution in [0.4, 0.5) is 0 Å². The SMILES string of the molecule is O=c1[nH]c2ccc(-c3c4ccccc4c(-c4ccccc4)c4ccccc34)c(C3(c4ccccc4)C=CC=CC3)c2c2ccccc12. The predicted octanol–water partition coefficient (Wildman–Crippen LogP) is 11.1. The first-order valence-corrected chi connectivity index (χ1v) is 16.2. The number of hydrogen-bond acceptors (Lipinski definition) is 1. The molecule has 2 heteroatoms.